The Morgan fingerprint density at radius 3 is 2.27 bits per heavy atom. The molecule has 41 heavy (non-hydrogen) atoms. The fourth-order valence-electron chi connectivity index (χ4n) is 4.68. The van der Waals surface area contributed by atoms with Crippen LogP contribution in [0, 0.1) is 0 Å². The summed E-state index contributed by atoms with van der Waals surface area (Å²) in [5.41, 5.74) is 7.87. The van der Waals surface area contributed by atoms with Gasteiger partial charge in [0, 0.05) is 30.1 Å². The first-order valence-electron chi connectivity index (χ1n) is 13.1. The Morgan fingerprint density at radius 2 is 1.61 bits per heavy atom. The van der Waals surface area contributed by atoms with E-state index in [1.54, 1.807) is 10.9 Å². The molecule has 1 aliphatic rings. The second kappa shape index (κ2) is 13.2. The summed E-state index contributed by atoms with van der Waals surface area (Å²) >= 11 is 0. The molecule has 0 aliphatic heterocycles. The zero-order valence-electron chi connectivity index (χ0n) is 22.1. The van der Waals surface area contributed by atoms with Crippen molar-refractivity contribution < 1.29 is 33.0 Å². The maximum absolute atomic E-state index is 12.0. The Bertz CT molecular complexity index is 1490. The van der Waals surface area contributed by atoms with E-state index >= 15 is 0 Å². The number of hydrogen-bond acceptors (Lipinski definition) is 5. The van der Waals surface area contributed by atoms with Gasteiger partial charge >= 0.3 is 18.1 Å². The minimum atomic E-state index is -5.08. The zero-order chi connectivity index (χ0) is 29.4. The highest BCUT2D eigenvalue weighted by Gasteiger charge is 2.38. The highest BCUT2D eigenvalue weighted by Crippen LogP contribution is 2.34. The van der Waals surface area contributed by atoms with Gasteiger partial charge < -0.3 is 15.5 Å². The Morgan fingerprint density at radius 1 is 0.927 bits per heavy atom. The lowest BCUT2D eigenvalue weighted by molar-refractivity contribution is -0.192. The smallest absolute Gasteiger partial charge is 0.477 e. The Kier molecular flexibility index (Phi) is 9.51. The molecule has 0 radical (unpaired) electrons. The van der Waals surface area contributed by atoms with E-state index in [9.17, 15) is 23.1 Å². The number of carbonyl (C=O) groups is 2. The van der Waals surface area contributed by atoms with Crippen LogP contribution in [0.15, 0.2) is 73.1 Å². The van der Waals surface area contributed by atoms with Crippen LogP contribution in [0.1, 0.15) is 33.6 Å². The van der Waals surface area contributed by atoms with Gasteiger partial charge in [-0.1, -0.05) is 54.6 Å². The normalized spacial score (nSPS) is 12.1. The molecule has 0 atom stereocenters. The second-order valence-corrected chi connectivity index (χ2v) is 9.46. The van der Waals surface area contributed by atoms with Crippen LogP contribution in [0.25, 0.3) is 22.4 Å². The third-order valence-electron chi connectivity index (χ3n) is 6.67. The van der Waals surface area contributed by atoms with E-state index in [0.29, 0.717) is 18.7 Å². The number of carboxylic acid groups (broad SMARTS) is 2. The number of benzene rings is 2. The average molecular weight is 567 g/mol. The topological polar surface area (TPSA) is 117 Å². The molecule has 214 valence electrons. The number of hydrogen-bond donors (Lipinski definition) is 3. The molecule has 5 rings (SSSR count). The van der Waals surface area contributed by atoms with Gasteiger partial charge in [0.2, 0.25) is 0 Å². The van der Waals surface area contributed by atoms with Crippen molar-refractivity contribution in [2.24, 2.45) is 0 Å². The van der Waals surface area contributed by atoms with Gasteiger partial charge in [0.05, 0.1) is 5.69 Å². The first kappa shape index (κ1) is 29.5. The molecule has 1 aliphatic carbocycles. The molecule has 0 spiro atoms. The van der Waals surface area contributed by atoms with Gasteiger partial charge in [0.1, 0.15) is 5.69 Å². The molecule has 0 fully saturated rings. The van der Waals surface area contributed by atoms with Crippen LogP contribution in [-0.4, -0.2) is 56.2 Å². The van der Waals surface area contributed by atoms with Gasteiger partial charge in [-0.05, 0) is 67.1 Å². The van der Waals surface area contributed by atoms with E-state index in [4.69, 9.17) is 15.0 Å². The number of aromatic carboxylic acids is 1. The van der Waals surface area contributed by atoms with Crippen molar-refractivity contribution in [1.82, 2.24) is 20.1 Å². The number of fused-ring (bicyclic) bond motifs is 3. The summed E-state index contributed by atoms with van der Waals surface area (Å²) in [5, 5.41) is 25.1. The predicted molar refractivity (Wildman–Crippen MR) is 147 cm³/mol. The molecule has 0 unspecified atom stereocenters. The maximum Gasteiger partial charge on any atom is 0.490 e. The Balaban J connectivity index is 0.000000493. The molecular weight excluding hydrogens is 537 g/mol. The lowest BCUT2D eigenvalue weighted by atomic mass is 9.90. The van der Waals surface area contributed by atoms with Crippen LogP contribution >= 0.6 is 0 Å². The third-order valence-corrected chi connectivity index (χ3v) is 6.67. The van der Waals surface area contributed by atoms with Crippen LogP contribution in [-0.2, 0) is 30.6 Å². The van der Waals surface area contributed by atoms with E-state index in [-0.39, 0.29) is 0 Å². The summed E-state index contributed by atoms with van der Waals surface area (Å²) in [6.07, 6.45) is 1.78. The number of pyridine rings is 1. The summed E-state index contributed by atoms with van der Waals surface area (Å²) in [6, 6.07) is 21.0. The molecule has 0 amide bonds. The molecule has 0 saturated carbocycles. The summed E-state index contributed by atoms with van der Waals surface area (Å²) in [4.78, 5) is 25.1. The van der Waals surface area contributed by atoms with Crippen molar-refractivity contribution in [2.75, 3.05) is 13.1 Å². The highest BCUT2D eigenvalue weighted by molar-refractivity contribution is 5.90. The molecule has 2 aromatic heterocycles. The number of aryl methyl sites for hydroxylation is 2. The molecule has 0 bridgehead atoms. The fraction of sp³-hybridized carbons (Fsp3) is 0.267. The number of alkyl halides is 3. The van der Waals surface area contributed by atoms with Crippen LogP contribution in [0.2, 0.25) is 0 Å². The monoisotopic (exact) mass is 566 g/mol. The van der Waals surface area contributed by atoms with Gasteiger partial charge in [0.25, 0.3) is 0 Å². The molecular formula is C30H29F3N4O4. The van der Waals surface area contributed by atoms with Crippen molar-refractivity contribution in [1.29, 1.82) is 0 Å². The zero-order valence-corrected chi connectivity index (χ0v) is 22.1. The molecule has 3 N–H and O–H groups in total. The van der Waals surface area contributed by atoms with Crippen LogP contribution in [0.5, 0.6) is 0 Å². The lowest BCUT2D eigenvalue weighted by Crippen LogP contribution is -2.21. The number of aliphatic carboxylic acids is 1. The number of halogens is 3. The van der Waals surface area contributed by atoms with Crippen molar-refractivity contribution in [3.63, 3.8) is 0 Å². The molecule has 8 nitrogen and oxygen atoms in total. The van der Waals surface area contributed by atoms with Gasteiger partial charge in [0.15, 0.2) is 0 Å². The SMILES string of the molecule is O=C(O)C(F)(F)F.O=C(O)c1c2c(nn1CCCNCCc1ccc(-c3ccccc3)cc1)-c1ccncc1CC2. The summed E-state index contributed by atoms with van der Waals surface area (Å²) in [7, 11) is 0. The standard InChI is InChI=1S/C28H28N4O2.C2HF3O2/c33-28(34)27-25-12-11-23-19-30-17-14-24(23)26(25)31-32(27)18-4-15-29-16-13-20-7-9-22(10-8-20)21-5-2-1-3-6-21;3-2(4,5)1(6)7/h1-3,5-10,14,17,19,29H,4,11-13,15-16,18H2,(H,33,34);(H,6,7). The highest BCUT2D eigenvalue weighted by atomic mass is 19.4. The molecule has 4 aromatic rings. The first-order chi connectivity index (χ1) is 19.6. The van der Waals surface area contributed by atoms with E-state index < -0.39 is 18.1 Å². The van der Waals surface area contributed by atoms with E-state index in [1.807, 2.05) is 18.3 Å². The van der Waals surface area contributed by atoms with Crippen molar-refractivity contribution in [2.45, 2.75) is 38.4 Å². The predicted octanol–water partition coefficient (Wildman–Crippen LogP) is 5.26. The number of nitrogens with one attached hydrogen (secondary N) is 1. The Labute approximate surface area is 234 Å². The largest absolute Gasteiger partial charge is 0.490 e. The molecule has 2 aromatic carbocycles. The molecule has 11 heteroatoms. The van der Waals surface area contributed by atoms with Gasteiger partial charge in [-0.15, -0.1) is 0 Å². The quantitative estimate of drug-likeness (QED) is 0.237. The van der Waals surface area contributed by atoms with Crippen molar-refractivity contribution >= 4 is 11.9 Å². The van der Waals surface area contributed by atoms with Crippen molar-refractivity contribution in [3.8, 4) is 22.4 Å². The minimum Gasteiger partial charge on any atom is -0.477 e. The fourth-order valence-corrected chi connectivity index (χ4v) is 4.68. The first-order valence-corrected chi connectivity index (χ1v) is 13.1. The van der Waals surface area contributed by atoms with Gasteiger partial charge in [-0.25, -0.2) is 9.59 Å². The minimum absolute atomic E-state index is 0.330. The Hall–Kier alpha value is -4.51. The third kappa shape index (κ3) is 7.57. The lowest BCUT2D eigenvalue weighted by Gasteiger charge is -2.14. The second-order valence-electron chi connectivity index (χ2n) is 9.46. The van der Waals surface area contributed by atoms with E-state index in [1.165, 1.54) is 16.7 Å². The number of rotatable bonds is 9. The van der Waals surface area contributed by atoms with Crippen LogP contribution in [0.4, 0.5) is 13.2 Å². The van der Waals surface area contributed by atoms with E-state index in [2.05, 4.69) is 58.8 Å². The number of carboxylic acids is 2. The van der Waals surface area contributed by atoms with Crippen LogP contribution in [0.3, 0.4) is 0 Å². The van der Waals surface area contributed by atoms with Gasteiger partial charge in [-0.3, -0.25) is 9.67 Å². The van der Waals surface area contributed by atoms with E-state index in [0.717, 1.165) is 54.7 Å². The van der Waals surface area contributed by atoms with Crippen LogP contribution < -0.4 is 5.32 Å². The summed E-state index contributed by atoms with van der Waals surface area (Å²) in [6.45, 7) is 2.27. The number of nitrogens with zero attached hydrogens (tertiary/aromatic N) is 3. The maximum atomic E-state index is 12.0. The van der Waals surface area contributed by atoms with Gasteiger partial charge in [-0.2, -0.15) is 18.3 Å². The molecule has 2 heterocycles. The van der Waals surface area contributed by atoms with Crippen molar-refractivity contribution in [3.05, 3.63) is 95.4 Å². The number of aromatic nitrogens is 3. The summed E-state index contributed by atoms with van der Waals surface area (Å²) < 4.78 is 33.4. The molecule has 0 saturated heterocycles. The summed E-state index contributed by atoms with van der Waals surface area (Å²) in [5.74, 6) is -3.66. The average Bonchev–Trinajstić information content (AvgIpc) is 3.35.